The predicted molar refractivity (Wildman–Crippen MR) is 116 cm³/mol. The number of halogens is 1. The lowest BCUT2D eigenvalue weighted by atomic mass is 9.82. The van der Waals surface area contributed by atoms with E-state index in [9.17, 15) is 9.18 Å². The lowest BCUT2D eigenvalue weighted by molar-refractivity contribution is 0.0278. The summed E-state index contributed by atoms with van der Waals surface area (Å²) in [4.78, 5) is 18.8. The van der Waals surface area contributed by atoms with Crippen molar-refractivity contribution in [2.45, 2.75) is 51.7 Å². The maximum Gasteiger partial charge on any atom is 0.319 e. The van der Waals surface area contributed by atoms with Crippen molar-refractivity contribution in [2.24, 2.45) is 5.73 Å². The molecule has 0 spiro atoms. The van der Waals surface area contributed by atoms with Gasteiger partial charge >= 0.3 is 6.03 Å². The monoisotopic (exact) mass is 407 g/mol. The van der Waals surface area contributed by atoms with Crippen molar-refractivity contribution < 1.29 is 13.9 Å². The van der Waals surface area contributed by atoms with Gasteiger partial charge in [-0.05, 0) is 50.1 Å². The van der Waals surface area contributed by atoms with E-state index in [1.54, 1.807) is 17.2 Å². The lowest BCUT2D eigenvalue weighted by Crippen LogP contribution is -2.48. The van der Waals surface area contributed by atoms with E-state index in [1.807, 2.05) is 31.2 Å². The molecule has 30 heavy (non-hydrogen) atoms. The van der Waals surface area contributed by atoms with Crippen LogP contribution in [0.15, 0.2) is 48.7 Å². The standard InChI is InChI=1S/C24H26FN3O2/c1-4-24(5-2)13-21(19-12-17(25)9-10-22(19)30-24)28(23(26)29)20-8-6-7-16-14-27-15(3)11-18(16)20/h6-12,14,21H,4-5,13H2,1-3H3,(H2,26,29)/t21-/m1/s1. The third-order valence-electron chi connectivity index (χ3n) is 6.20. The number of aromatic nitrogens is 1. The summed E-state index contributed by atoms with van der Waals surface area (Å²) in [5, 5.41) is 1.79. The number of urea groups is 1. The highest BCUT2D eigenvalue weighted by Crippen LogP contribution is 2.47. The molecule has 0 saturated carbocycles. The average Bonchev–Trinajstić information content (AvgIpc) is 2.74. The molecule has 4 rings (SSSR count). The topological polar surface area (TPSA) is 68.5 Å². The number of benzene rings is 2. The minimum absolute atomic E-state index is 0.370. The number of anilines is 1. The first-order valence-corrected chi connectivity index (χ1v) is 10.3. The molecule has 0 bridgehead atoms. The van der Waals surface area contributed by atoms with Crippen LogP contribution in [0.2, 0.25) is 0 Å². The van der Waals surface area contributed by atoms with E-state index >= 15 is 0 Å². The Morgan fingerprint density at radius 2 is 2.03 bits per heavy atom. The SMILES string of the molecule is CCC1(CC)C[C@@H](N(C(N)=O)c2cccc3cnc(C)cc23)c2cc(F)ccc2O1. The molecule has 3 aromatic rings. The van der Waals surface area contributed by atoms with Gasteiger partial charge in [0.2, 0.25) is 0 Å². The fraction of sp³-hybridized carbons (Fsp3) is 0.333. The molecule has 0 fully saturated rings. The predicted octanol–water partition coefficient (Wildman–Crippen LogP) is 5.65. The largest absolute Gasteiger partial charge is 0.487 e. The molecule has 1 aliphatic rings. The van der Waals surface area contributed by atoms with E-state index in [-0.39, 0.29) is 5.82 Å². The van der Waals surface area contributed by atoms with Gasteiger partial charge in [-0.1, -0.05) is 26.0 Å². The summed E-state index contributed by atoms with van der Waals surface area (Å²) in [6.07, 6.45) is 3.84. The Labute approximate surface area is 175 Å². The molecule has 0 saturated heterocycles. The zero-order valence-corrected chi connectivity index (χ0v) is 17.5. The van der Waals surface area contributed by atoms with Crippen molar-refractivity contribution in [3.8, 4) is 5.75 Å². The number of nitrogens with two attached hydrogens (primary N) is 1. The first kappa shape index (κ1) is 20.1. The van der Waals surface area contributed by atoms with Crippen LogP contribution in [0.4, 0.5) is 14.9 Å². The van der Waals surface area contributed by atoms with Gasteiger partial charge in [0.1, 0.15) is 17.2 Å². The molecule has 2 aromatic carbocycles. The third-order valence-corrected chi connectivity index (χ3v) is 6.20. The van der Waals surface area contributed by atoms with Crippen LogP contribution in [0.25, 0.3) is 10.8 Å². The molecule has 5 nitrogen and oxygen atoms in total. The van der Waals surface area contributed by atoms with Crippen molar-refractivity contribution in [2.75, 3.05) is 4.90 Å². The van der Waals surface area contributed by atoms with Crippen LogP contribution < -0.4 is 15.4 Å². The van der Waals surface area contributed by atoms with Crippen molar-refractivity contribution in [1.29, 1.82) is 0 Å². The number of rotatable bonds is 4. The minimum Gasteiger partial charge on any atom is -0.487 e. The average molecular weight is 407 g/mol. The van der Waals surface area contributed by atoms with Gasteiger partial charge < -0.3 is 10.5 Å². The summed E-state index contributed by atoms with van der Waals surface area (Å²) in [7, 11) is 0. The van der Waals surface area contributed by atoms with Crippen LogP contribution in [0.5, 0.6) is 5.75 Å². The first-order chi connectivity index (χ1) is 14.4. The highest BCUT2D eigenvalue weighted by molar-refractivity contribution is 6.03. The Kier molecular flexibility index (Phi) is 5.10. The first-order valence-electron chi connectivity index (χ1n) is 10.3. The maximum absolute atomic E-state index is 14.2. The van der Waals surface area contributed by atoms with E-state index < -0.39 is 17.7 Å². The Hall–Kier alpha value is -3.15. The van der Waals surface area contributed by atoms with Gasteiger partial charge in [0.25, 0.3) is 0 Å². The summed E-state index contributed by atoms with van der Waals surface area (Å²) in [5.74, 6) is 0.228. The maximum atomic E-state index is 14.2. The lowest BCUT2D eigenvalue weighted by Gasteiger charge is -2.45. The molecule has 0 unspecified atom stereocenters. The number of primary amides is 1. The minimum atomic E-state index is -0.583. The van der Waals surface area contributed by atoms with Gasteiger partial charge in [-0.2, -0.15) is 0 Å². The van der Waals surface area contributed by atoms with Gasteiger partial charge in [-0.3, -0.25) is 9.88 Å². The van der Waals surface area contributed by atoms with E-state index in [1.165, 1.54) is 12.1 Å². The Bertz CT molecular complexity index is 1110. The molecule has 2 N–H and O–H groups in total. The van der Waals surface area contributed by atoms with Crippen LogP contribution >= 0.6 is 0 Å². The summed E-state index contributed by atoms with van der Waals surface area (Å²) >= 11 is 0. The van der Waals surface area contributed by atoms with E-state index in [4.69, 9.17) is 10.5 Å². The molecule has 2 amide bonds. The van der Waals surface area contributed by atoms with Gasteiger partial charge in [0.15, 0.2) is 0 Å². The number of pyridine rings is 1. The quantitative estimate of drug-likeness (QED) is 0.608. The summed E-state index contributed by atoms with van der Waals surface area (Å²) in [5.41, 5.74) is 7.64. The van der Waals surface area contributed by atoms with Gasteiger partial charge in [-0.25, -0.2) is 9.18 Å². The molecule has 1 aliphatic heterocycles. The number of hydrogen-bond donors (Lipinski definition) is 1. The second-order valence-corrected chi connectivity index (χ2v) is 7.93. The van der Waals surface area contributed by atoms with Crippen molar-refractivity contribution in [3.63, 3.8) is 0 Å². The number of nitrogens with zero attached hydrogens (tertiary/aromatic N) is 2. The highest BCUT2D eigenvalue weighted by Gasteiger charge is 2.42. The molecule has 0 radical (unpaired) electrons. The fourth-order valence-electron chi connectivity index (χ4n) is 4.43. The van der Waals surface area contributed by atoms with Crippen molar-refractivity contribution >= 4 is 22.5 Å². The smallest absolute Gasteiger partial charge is 0.319 e. The molecule has 1 aromatic heterocycles. The second-order valence-electron chi connectivity index (χ2n) is 7.93. The van der Waals surface area contributed by atoms with Crippen molar-refractivity contribution in [3.05, 3.63) is 65.7 Å². The molecule has 0 aliphatic carbocycles. The normalized spacial score (nSPS) is 17.3. The number of ether oxygens (including phenoxy) is 1. The molecule has 6 heteroatoms. The summed E-state index contributed by atoms with van der Waals surface area (Å²) in [6.45, 7) is 6.04. The molecular weight excluding hydrogens is 381 g/mol. The fourth-order valence-corrected chi connectivity index (χ4v) is 4.43. The van der Waals surface area contributed by atoms with Crippen LogP contribution in [-0.2, 0) is 0 Å². The number of fused-ring (bicyclic) bond motifs is 2. The van der Waals surface area contributed by atoms with Crippen LogP contribution in [-0.4, -0.2) is 16.6 Å². The number of carbonyl (C=O) groups excluding carboxylic acids is 1. The Morgan fingerprint density at radius 1 is 1.27 bits per heavy atom. The van der Waals surface area contributed by atoms with Gasteiger partial charge in [-0.15, -0.1) is 0 Å². The van der Waals surface area contributed by atoms with Crippen LogP contribution in [0.1, 0.15) is 50.4 Å². The Balaban J connectivity index is 1.94. The van der Waals surface area contributed by atoms with E-state index in [0.29, 0.717) is 23.4 Å². The zero-order valence-electron chi connectivity index (χ0n) is 17.5. The summed E-state index contributed by atoms with van der Waals surface area (Å²) < 4.78 is 20.5. The Morgan fingerprint density at radius 3 is 2.73 bits per heavy atom. The van der Waals surface area contributed by atoms with Crippen molar-refractivity contribution in [1.82, 2.24) is 4.98 Å². The number of hydrogen-bond acceptors (Lipinski definition) is 3. The molecule has 156 valence electrons. The van der Waals surface area contributed by atoms with Crippen LogP contribution in [0.3, 0.4) is 0 Å². The second kappa shape index (κ2) is 7.59. The number of carbonyl (C=O) groups is 1. The molecule has 1 atom stereocenters. The van der Waals surface area contributed by atoms with E-state index in [0.717, 1.165) is 29.3 Å². The van der Waals surface area contributed by atoms with E-state index in [2.05, 4.69) is 18.8 Å². The van der Waals surface area contributed by atoms with Crippen LogP contribution in [0, 0.1) is 12.7 Å². The molecule has 2 heterocycles. The molecular formula is C24H26FN3O2. The zero-order chi connectivity index (χ0) is 21.5. The van der Waals surface area contributed by atoms with Gasteiger partial charge in [0, 0.05) is 34.6 Å². The number of amides is 2. The van der Waals surface area contributed by atoms with Gasteiger partial charge in [0.05, 0.1) is 11.7 Å². The third kappa shape index (κ3) is 3.36. The highest BCUT2D eigenvalue weighted by atomic mass is 19.1. The number of aryl methyl sites for hydroxylation is 1. The summed E-state index contributed by atoms with van der Waals surface area (Å²) in [6, 6.07) is 11.1.